The molecule has 15 heavy (non-hydrogen) atoms. The predicted molar refractivity (Wildman–Crippen MR) is 56.0 cm³/mol. The Morgan fingerprint density at radius 1 is 1.47 bits per heavy atom. The van der Waals surface area contributed by atoms with Crippen molar-refractivity contribution in [2.45, 2.75) is 12.1 Å². The fourth-order valence-corrected chi connectivity index (χ4v) is 2.34. The third-order valence-corrected chi connectivity index (χ3v) is 3.36. The first kappa shape index (κ1) is 12.1. The van der Waals surface area contributed by atoms with Crippen LogP contribution in [0.3, 0.4) is 0 Å². The largest absolute Gasteiger partial charge is 0.333 e. The molecule has 1 aromatic carbocycles. The van der Waals surface area contributed by atoms with Gasteiger partial charge in [0.2, 0.25) is 0 Å². The highest BCUT2D eigenvalue weighted by Gasteiger charge is 2.30. The minimum Gasteiger partial charge on any atom is -0.324 e. The van der Waals surface area contributed by atoms with Crippen LogP contribution >= 0.6 is 7.60 Å². The quantitative estimate of drug-likeness (QED) is 0.617. The number of allylic oxidation sites excluding steroid dienone is 1. The molecule has 1 rings (SSSR count). The molecule has 0 aliphatic rings. The zero-order valence-electron chi connectivity index (χ0n) is 8.01. The molecule has 82 valence electrons. The molecule has 0 saturated heterocycles. The Labute approximate surface area is 87.4 Å². The van der Waals surface area contributed by atoms with Crippen LogP contribution in [0.25, 0.3) is 0 Å². The molecule has 1 unspecified atom stereocenters. The van der Waals surface area contributed by atoms with Crippen molar-refractivity contribution in [3.05, 3.63) is 48.3 Å². The topological polar surface area (TPSA) is 57.5 Å². The lowest BCUT2D eigenvalue weighted by Gasteiger charge is -2.17. The summed E-state index contributed by atoms with van der Waals surface area (Å²) in [5.74, 6) is -0.604. The molecule has 0 amide bonds. The summed E-state index contributed by atoms with van der Waals surface area (Å²) >= 11 is 0. The normalized spacial score (nSPS) is 13.5. The van der Waals surface area contributed by atoms with E-state index in [1.165, 1.54) is 24.3 Å². The first-order valence-corrected chi connectivity index (χ1v) is 6.05. The summed E-state index contributed by atoms with van der Waals surface area (Å²) in [7, 11) is -4.35. The van der Waals surface area contributed by atoms with Gasteiger partial charge in [-0.1, -0.05) is 24.3 Å². The molecule has 1 aromatic rings. The van der Waals surface area contributed by atoms with Crippen molar-refractivity contribution < 1.29 is 18.7 Å². The van der Waals surface area contributed by atoms with Gasteiger partial charge in [-0.05, 0) is 12.5 Å². The van der Waals surface area contributed by atoms with E-state index >= 15 is 0 Å². The maximum absolute atomic E-state index is 13.3. The van der Waals surface area contributed by atoms with Gasteiger partial charge in [-0.3, -0.25) is 4.57 Å². The van der Waals surface area contributed by atoms with Crippen LogP contribution in [0, 0.1) is 5.82 Å². The van der Waals surface area contributed by atoms with E-state index in [9.17, 15) is 8.96 Å². The zero-order chi connectivity index (χ0) is 11.5. The lowest BCUT2D eigenvalue weighted by Crippen LogP contribution is -2.01. The summed E-state index contributed by atoms with van der Waals surface area (Å²) in [5, 5.41) is 0. The molecular formula is C10H12FO3P. The molecule has 0 heterocycles. The number of halogens is 1. The van der Waals surface area contributed by atoms with Gasteiger partial charge in [0.15, 0.2) is 0 Å². The molecule has 1 atom stereocenters. The summed E-state index contributed by atoms with van der Waals surface area (Å²) in [5.41, 5.74) is -1.11. The molecule has 0 fully saturated rings. The van der Waals surface area contributed by atoms with Crippen LogP contribution in [0.1, 0.15) is 17.6 Å². The van der Waals surface area contributed by atoms with Gasteiger partial charge >= 0.3 is 7.60 Å². The van der Waals surface area contributed by atoms with E-state index in [0.29, 0.717) is 0 Å². The molecule has 0 aliphatic carbocycles. The second kappa shape index (κ2) is 4.71. The van der Waals surface area contributed by atoms with Gasteiger partial charge in [0, 0.05) is 5.56 Å². The molecule has 0 spiro atoms. The highest BCUT2D eigenvalue weighted by Crippen LogP contribution is 2.54. The van der Waals surface area contributed by atoms with Crippen molar-refractivity contribution in [3.8, 4) is 0 Å². The van der Waals surface area contributed by atoms with Gasteiger partial charge in [-0.25, -0.2) is 4.39 Å². The van der Waals surface area contributed by atoms with E-state index in [1.54, 1.807) is 6.07 Å². The van der Waals surface area contributed by atoms with Crippen molar-refractivity contribution in [2.24, 2.45) is 0 Å². The van der Waals surface area contributed by atoms with Gasteiger partial charge in [-0.15, -0.1) is 6.58 Å². The Bertz CT molecular complexity index is 399. The van der Waals surface area contributed by atoms with Crippen LogP contribution in [0.4, 0.5) is 4.39 Å². The number of hydrogen-bond acceptors (Lipinski definition) is 1. The average Bonchev–Trinajstić information content (AvgIpc) is 2.14. The fraction of sp³-hybridized carbons (Fsp3) is 0.200. The molecule has 0 aliphatic heterocycles. The average molecular weight is 230 g/mol. The van der Waals surface area contributed by atoms with Crippen molar-refractivity contribution in [1.29, 1.82) is 0 Å². The van der Waals surface area contributed by atoms with E-state index in [2.05, 4.69) is 6.58 Å². The third kappa shape index (κ3) is 2.99. The van der Waals surface area contributed by atoms with E-state index in [0.717, 1.165) is 0 Å². The Hall–Kier alpha value is -0.960. The fourth-order valence-electron chi connectivity index (χ4n) is 1.35. The summed E-state index contributed by atoms with van der Waals surface area (Å²) in [6.45, 7) is 3.40. The minimum absolute atomic E-state index is 0.0331. The van der Waals surface area contributed by atoms with Gasteiger partial charge in [0.25, 0.3) is 0 Å². The summed E-state index contributed by atoms with van der Waals surface area (Å²) in [6.07, 6.45) is 1.42. The SMILES string of the molecule is C=CCC(c1ccccc1F)P(=O)(O)O. The maximum Gasteiger partial charge on any atom is 0.333 e. The summed E-state index contributed by atoms with van der Waals surface area (Å²) in [4.78, 5) is 18.2. The molecule has 0 aromatic heterocycles. The highest BCUT2D eigenvalue weighted by molar-refractivity contribution is 7.52. The molecule has 3 nitrogen and oxygen atoms in total. The molecule has 0 saturated carbocycles. The van der Waals surface area contributed by atoms with Crippen molar-refractivity contribution >= 4 is 7.60 Å². The van der Waals surface area contributed by atoms with Gasteiger partial charge in [0.1, 0.15) is 5.82 Å². The summed E-state index contributed by atoms with van der Waals surface area (Å²) in [6, 6.07) is 5.58. The van der Waals surface area contributed by atoms with Crippen LogP contribution in [-0.2, 0) is 4.57 Å². The van der Waals surface area contributed by atoms with Crippen LogP contribution in [0.2, 0.25) is 0 Å². The van der Waals surface area contributed by atoms with Gasteiger partial charge in [0.05, 0.1) is 5.66 Å². The van der Waals surface area contributed by atoms with Crippen molar-refractivity contribution in [3.63, 3.8) is 0 Å². The number of benzene rings is 1. The standard InChI is InChI=1S/C10H12FO3P/c1-2-5-10(15(12,13)14)8-6-3-4-7-9(8)11/h2-4,6-7,10H,1,5H2,(H2,12,13,14). The molecule has 5 heteroatoms. The van der Waals surface area contributed by atoms with E-state index in [-0.39, 0.29) is 12.0 Å². The second-order valence-corrected chi connectivity index (χ2v) is 4.95. The first-order valence-electron chi connectivity index (χ1n) is 4.37. The Kier molecular flexibility index (Phi) is 3.80. The van der Waals surface area contributed by atoms with Crippen molar-refractivity contribution in [2.75, 3.05) is 0 Å². The van der Waals surface area contributed by atoms with Crippen LogP contribution in [-0.4, -0.2) is 9.79 Å². The predicted octanol–water partition coefficient (Wildman–Crippen LogP) is 2.62. The van der Waals surface area contributed by atoms with Crippen LogP contribution in [0.15, 0.2) is 36.9 Å². The van der Waals surface area contributed by atoms with E-state index in [1.807, 2.05) is 0 Å². The summed E-state index contributed by atoms with van der Waals surface area (Å²) < 4.78 is 24.5. The second-order valence-electron chi connectivity index (χ2n) is 3.15. The minimum atomic E-state index is -4.35. The van der Waals surface area contributed by atoms with E-state index in [4.69, 9.17) is 9.79 Å². The van der Waals surface area contributed by atoms with Gasteiger partial charge < -0.3 is 9.79 Å². The lowest BCUT2D eigenvalue weighted by atomic mass is 10.1. The Balaban J connectivity index is 3.16. The molecule has 0 radical (unpaired) electrons. The zero-order valence-corrected chi connectivity index (χ0v) is 8.90. The number of hydrogen-bond donors (Lipinski definition) is 2. The number of rotatable bonds is 4. The lowest BCUT2D eigenvalue weighted by molar-refractivity contribution is 0.357. The highest BCUT2D eigenvalue weighted by atomic mass is 31.2. The monoisotopic (exact) mass is 230 g/mol. The van der Waals surface area contributed by atoms with Crippen LogP contribution < -0.4 is 0 Å². The smallest absolute Gasteiger partial charge is 0.324 e. The van der Waals surface area contributed by atoms with E-state index < -0.39 is 19.1 Å². The molecule has 2 N–H and O–H groups in total. The third-order valence-electron chi connectivity index (χ3n) is 2.06. The van der Waals surface area contributed by atoms with Crippen LogP contribution in [0.5, 0.6) is 0 Å². The maximum atomic E-state index is 13.3. The molecular weight excluding hydrogens is 218 g/mol. The Morgan fingerprint density at radius 2 is 2.07 bits per heavy atom. The Morgan fingerprint density at radius 3 is 2.53 bits per heavy atom. The molecule has 0 bridgehead atoms. The van der Waals surface area contributed by atoms with Crippen molar-refractivity contribution in [1.82, 2.24) is 0 Å². The van der Waals surface area contributed by atoms with Gasteiger partial charge in [-0.2, -0.15) is 0 Å². The first-order chi connectivity index (χ1) is 6.96.